The highest BCUT2D eigenvalue weighted by Crippen LogP contribution is 2.43. The molecule has 6 aliphatic carbocycles. The molecule has 0 spiro atoms. The molecule has 12 aromatic rings. The van der Waals surface area contributed by atoms with Crippen molar-refractivity contribution in [1.82, 2.24) is 19.9 Å². The molecule has 4 heterocycles. The summed E-state index contributed by atoms with van der Waals surface area (Å²) < 4.78 is 0. The van der Waals surface area contributed by atoms with Crippen LogP contribution in [0.15, 0.2) is 194 Å². The quantitative estimate of drug-likeness (QED) is 0.152. The number of pyridine rings is 4. The molecule has 90 heavy (non-hydrogen) atoms. The van der Waals surface area contributed by atoms with Crippen molar-refractivity contribution >= 4 is 0 Å². The lowest BCUT2D eigenvalue weighted by molar-refractivity contribution is 1.05. The maximum Gasteiger partial charge on any atom is 0.0743 e. The molecule has 0 N–H and O–H groups in total. The van der Waals surface area contributed by atoms with Gasteiger partial charge in [-0.05, 0) is 259 Å². The molecule has 0 atom stereocenters. The normalized spacial score (nSPS) is 12.4. The molecule has 0 bridgehead atoms. The Morgan fingerprint density at radius 2 is 0.667 bits per heavy atom. The van der Waals surface area contributed by atoms with Gasteiger partial charge in [-0.3, -0.25) is 19.9 Å². The van der Waals surface area contributed by atoms with Gasteiger partial charge in [-0.15, -0.1) is 0 Å². The van der Waals surface area contributed by atoms with Crippen LogP contribution in [0.25, 0.3) is 66.9 Å². The molecule has 0 saturated heterocycles. The molecule has 0 saturated carbocycles. The summed E-state index contributed by atoms with van der Waals surface area (Å²) in [5.74, 6) is 0. The summed E-state index contributed by atoms with van der Waals surface area (Å²) in [7, 11) is 0. The average Bonchev–Trinajstić information content (AvgIpc) is 1.87. The zero-order chi connectivity index (χ0) is 62.5. The third-order valence-electron chi connectivity index (χ3n) is 20.1. The molecule has 0 aliphatic heterocycles. The summed E-state index contributed by atoms with van der Waals surface area (Å²) in [5.41, 5.74) is 49.1. The monoisotopic (exact) mass is 1170 g/mol. The first-order chi connectivity index (χ1) is 43.6. The van der Waals surface area contributed by atoms with E-state index < -0.39 is 0 Å². The van der Waals surface area contributed by atoms with Crippen LogP contribution < -0.4 is 0 Å². The van der Waals surface area contributed by atoms with E-state index in [9.17, 15) is 0 Å². The van der Waals surface area contributed by atoms with Crippen LogP contribution in [-0.2, 0) is 38.5 Å². The van der Waals surface area contributed by atoms with E-state index in [0.717, 1.165) is 61.3 Å². The fourth-order valence-electron chi connectivity index (χ4n) is 14.2. The van der Waals surface area contributed by atoms with Gasteiger partial charge in [0.15, 0.2) is 0 Å². The van der Waals surface area contributed by atoms with E-state index in [4.69, 9.17) is 4.98 Å². The third-order valence-corrected chi connectivity index (χ3v) is 20.1. The number of fused-ring (bicyclic) bond motifs is 18. The van der Waals surface area contributed by atoms with Gasteiger partial charge in [0, 0.05) is 71.1 Å². The molecule has 0 fully saturated rings. The van der Waals surface area contributed by atoms with Gasteiger partial charge in [0.1, 0.15) is 0 Å². The lowest BCUT2D eigenvalue weighted by atomic mass is 9.97. The van der Waals surface area contributed by atoms with E-state index in [1.54, 1.807) is 0 Å². The molecule has 444 valence electrons. The average molecular weight is 1170 g/mol. The van der Waals surface area contributed by atoms with Gasteiger partial charge in [-0.1, -0.05) is 176 Å². The Balaban J connectivity index is 0.0000000991. The third kappa shape index (κ3) is 11.2. The van der Waals surface area contributed by atoms with E-state index in [2.05, 4.69) is 280 Å². The van der Waals surface area contributed by atoms with Crippen LogP contribution >= 0.6 is 0 Å². The van der Waals surface area contributed by atoms with Crippen LogP contribution in [-0.4, -0.2) is 19.9 Å². The molecular formula is C86H80N4. The summed E-state index contributed by atoms with van der Waals surface area (Å²) in [6.07, 6.45) is 10.4. The van der Waals surface area contributed by atoms with Crippen LogP contribution in [0.3, 0.4) is 0 Å². The standard InChI is InChI=1S/2C15H14.4C14H13N/c1-10-7-8-13-9-12-5-3-4-6-14(12)15(13)11(10)2;1-10-7-8-14-13-6-4-3-5-12(13)9-15(14)11(10)2;1-9-10(2)15-8-12-7-11-5-3-4-6-13(11)14(9)12;1-9-10(2)15-8-14-12-6-4-3-5-11(12)7-13(9)14;1-9-7-12-8-11-5-3-4-6-13(11)14(12)15-10(9)2;1-9-7-13-12-6-4-3-5-11(12)8-14(13)15-10(9)2/h2*3-8H,9H2,1-2H3;2*3-6,8H,7H2,1-2H3;2*3-7H,8H2,1-2H3. The maximum absolute atomic E-state index is 4.69. The highest BCUT2D eigenvalue weighted by molar-refractivity contribution is 5.83. The first-order valence-corrected chi connectivity index (χ1v) is 32.1. The van der Waals surface area contributed by atoms with Crippen LogP contribution in [0, 0.1) is 83.1 Å². The summed E-state index contributed by atoms with van der Waals surface area (Å²) in [6.45, 7) is 25.8. The molecular weight excluding hydrogens is 1090 g/mol. The van der Waals surface area contributed by atoms with E-state index in [0.29, 0.717) is 0 Å². The number of aryl methyl sites for hydroxylation is 8. The fourth-order valence-corrected chi connectivity index (χ4v) is 14.2. The zero-order valence-electron chi connectivity index (χ0n) is 54.5. The van der Waals surface area contributed by atoms with Gasteiger partial charge in [-0.2, -0.15) is 0 Å². The second-order valence-electron chi connectivity index (χ2n) is 25.6. The summed E-state index contributed by atoms with van der Waals surface area (Å²) in [5, 5.41) is 0. The molecule has 0 radical (unpaired) electrons. The van der Waals surface area contributed by atoms with Crippen molar-refractivity contribution in [2.24, 2.45) is 0 Å². The molecule has 4 nitrogen and oxygen atoms in total. The molecule has 8 aromatic carbocycles. The van der Waals surface area contributed by atoms with Crippen molar-refractivity contribution in [3.8, 4) is 66.9 Å². The largest absolute Gasteiger partial charge is 0.261 e. The van der Waals surface area contributed by atoms with Crippen LogP contribution in [0.4, 0.5) is 0 Å². The second-order valence-corrected chi connectivity index (χ2v) is 25.6. The summed E-state index contributed by atoms with van der Waals surface area (Å²) in [4.78, 5) is 18.2. The van der Waals surface area contributed by atoms with Gasteiger partial charge >= 0.3 is 0 Å². The Morgan fingerprint density at radius 3 is 1.29 bits per heavy atom. The number of benzene rings is 8. The number of rotatable bonds is 0. The van der Waals surface area contributed by atoms with Crippen molar-refractivity contribution in [2.45, 2.75) is 122 Å². The van der Waals surface area contributed by atoms with Gasteiger partial charge in [-0.25, -0.2) is 0 Å². The first kappa shape index (κ1) is 59.3. The fraction of sp³-hybridized carbons (Fsp3) is 0.209. The molecule has 4 heteroatoms. The van der Waals surface area contributed by atoms with E-state index in [1.807, 2.05) is 12.4 Å². The minimum atomic E-state index is 0.993. The Morgan fingerprint density at radius 1 is 0.244 bits per heavy atom. The predicted octanol–water partition coefficient (Wildman–Crippen LogP) is 20.8. The maximum atomic E-state index is 4.69. The Labute approximate surface area is 534 Å². The lowest BCUT2D eigenvalue weighted by Crippen LogP contribution is -1.93. The molecule has 4 aromatic heterocycles. The van der Waals surface area contributed by atoms with Crippen LogP contribution in [0.1, 0.15) is 134 Å². The second kappa shape index (κ2) is 24.7. The number of hydrogen-bond donors (Lipinski definition) is 0. The Kier molecular flexibility index (Phi) is 16.3. The predicted molar refractivity (Wildman–Crippen MR) is 376 cm³/mol. The van der Waals surface area contributed by atoms with Gasteiger partial charge < -0.3 is 0 Å². The first-order valence-electron chi connectivity index (χ1n) is 32.1. The minimum absolute atomic E-state index is 0.993. The minimum Gasteiger partial charge on any atom is -0.261 e. The van der Waals surface area contributed by atoms with E-state index >= 15 is 0 Å². The Bertz CT molecular complexity index is 4480. The molecule has 18 rings (SSSR count). The van der Waals surface area contributed by atoms with E-state index in [1.165, 1.54) is 178 Å². The Hall–Kier alpha value is -9.64. The van der Waals surface area contributed by atoms with Crippen molar-refractivity contribution < 1.29 is 0 Å². The van der Waals surface area contributed by atoms with Gasteiger partial charge in [0.25, 0.3) is 0 Å². The van der Waals surface area contributed by atoms with E-state index in [-0.39, 0.29) is 0 Å². The topological polar surface area (TPSA) is 51.6 Å². The summed E-state index contributed by atoms with van der Waals surface area (Å²) in [6, 6.07) is 65.5. The zero-order valence-corrected chi connectivity index (χ0v) is 54.5. The summed E-state index contributed by atoms with van der Waals surface area (Å²) >= 11 is 0. The molecule has 0 unspecified atom stereocenters. The van der Waals surface area contributed by atoms with Crippen molar-refractivity contribution in [1.29, 1.82) is 0 Å². The molecule has 6 aliphatic rings. The van der Waals surface area contributed by atoms with Gasteiger partial charge in [0.2, 0.25) is 0 Å². The SMILES string of the molecule is Cc1cc2c(nc1C)-c1ccccc1C2.Cc1cc2c(nc1C)Cc1ccccc1-2.Cc1ccc2c(c1C)-c1ccccc1C2.Cc1ccc2c(c1C)Cc1ccccc1-2.Cc1ncc2c(c1C)-c1ccccc1C2.Cc1ncc2c(c1C)Cc1ccccc1-2. The van der Waals surface area contributed by atoms with Gasteiger partial charge in [0.05, 0.1) is 11.4 Å². The van der Waals surface area contributed by atoms with Crippen molar-refractivity contribution in [2.75, 3.05) is 0 Å². The smallest absolute Gasteiger partial charge is 0.0743 e. The van der Waals surface area contributed by atoms with Crippen LogP contribution in [0.2, 0.25) is 0 Å². The highest BCUT2D eigenvalue weighted by atomic mass is 14.7. The van der Waals surface area contributed by atoms with Crippen LogP contribution in [0.5, 0.6) is 0 Å². The van der Waals surface area contributed by atoms with Crippen molar-refractivity contribution in [3.05, 3.63) is 329 Å². The lowest BCUT2D eigenvalue weighted by Gasteiger charge is -2.08. The number of nitrogens with zero attached hydrogens (tertiary/aromatic N) is 4. The van der Waals surface area contributed by atoms with Crippen molar-refractivity contribution in [3.63, 3.8) is 0 Å². The molecule has 0 amide bonds. The number of hydrogen-bond acceptors (Lipinski definition) is 4. The highest BCUT2D eigenvalue weighted by Gasteiger charge is 2.25. The number of aromatic nitrogens is 4.